The molecule has 7 atom stereocenters. The maximum absolute atomic E-state index is 13.8. The Bertz CT molecular complexity index is 1800. The molecule has 3 aliphatic carbocycles. The number of H-pyrrole nitrogens is 2. The summed E-state index contributed by atoms with van der Waals surface area (Å²) in [6.45, 7) is 9.96. The van der Waals surface area contributed by atoms with Crippen LogP contribution >= 0.6 is 23.2 Å². The average Bonchev–Trinajstić information content (AvgIpc) is 3.68. The fraction of sp³-hybridized carbons (Fsp3) is 0.474. The van der Waals surface area contributed by atoms with Gasteiger partial charge in [-0.25, -0.2) is 9.97 Å². The Kier molecular flexibility index (Phi) is 9.37. The third kappa shape index (κ3) is 6.65. The van der Waals surface area contributed by atoms with E-state index >= 15 is 0 Å². The second-order valence-corrected chi connectivity index (χ2v) is 15.4. The maximum Gasteiger partial charge on any atom is 0.246 e. The number of amides is 2. The molecule has 258 valence electrons. The van der Waals surface area contributed by atoms with E-state index in [1.165, 1.54) is 0 Å². The zero-order chi connectivity index (χ0) is 34.6. The van der Waals surface area contributed by atoms with Gasteiger partial charge in [-0.15, -0.1) is 0 Å². The van der Waals surface area contributed by atoms with Crippen LogP contribution in [0.4, 0.5) is 0 Å². The van der Waals surface area contributed by atoms with Crippen molar-refractivity contribution in [1.82, 2.24) is 35.1 Å². The van der Waals surface area contributed by atoms with Crippen molar-refractivity contribution in [3.05, 3.63) is 70.5 Å². The van der Waals surface area contributed by atoms with E-state index in [0.29, 0.717) is 64.5 Å². The third-order valence-electron chi connectivity index (χ3n) is 11.6. The number of nitrogens with zero attached hydrogens (tertiary/aromatic N) is 4. The molecule has 2 aromatic heterocycles. The quantitative estimate of drug-likeness (QED) is 0.126. The molecule has 3 saturated carbocycles. The van der Waals surface area contributed by atoms with Crippen LogP contribution in [0, 0.1) is 29.6 Å². The summed E-state index contributed by atoms with van der Waals surface area (Å²) in [5.74, 6) is 3.83. The van der Waals surface area contributed by atoms with Gasteiger partial charge < -0.3 is 20.2 Å². The topological polar surface area (TPSA) is 110 Å². The molecule has 9 nitrogen and oxygen atoms in total. The van der Waals surface area contributed by atoms with E-state index in [0.717, 1.165) is 59.6 Å². The second-order valence-electron chi connectivity index (χ2n) is 14.6. The summed E-state index contributed by atoms with van der Waals surface area (Å²) in [6.07, 6.45) is 3.65. The smallest absolute Gasteiger partial charge is 0.246 e. The summed E-state index contributed by atoms with van der Waals surface area (Å²) >= 11 is 13.3. The number of carbonyl (C=O) groups is 2. The molecular weight excluding hydrogens is 657 g/mol. The predicted octanol–water partition coefficient (Wildman–Crippen LogP) is 7.42. The Balaban J connectivity index is 1.04. The van der Waals surface area contributed by atoms with Gasteiger partial charge in [0, 0.05) is 23.2 Å². The number of aromatic amines is 2. The molecule has 2 amide bonds. The summed E-state index contributed by atoms with van der Waals surface area (Å²) in [5.41, 5.74) is 5.37. The maximum atomic E-state index is 13.8. The fourth-order valence-electron chi connectivity index (χ4n) is 7.88. The monoisotopic (exact) mass is 701 g/mol. The minimum Gasteiger partial charge on any atom is -0.347 e. The number of rotatable bonds is 13. The van der Waals surface area contributed by atoms with Crippen LogP contribution in [-0.2, 0) is 22.7 Å². The Morgan fingerprint density at radius 2 is 1.24 bits per heavy atom. The Morgan fingerprint density at radius 3 is 1.65 bits per heavy atom. The van der Waals surface area contributed by atoms with E-state index in [9.17, 15) is 9.59 Å². The standard InChI is InChI=1S/C38H45Cl2N7O2/c1-20-21(2)34(20)46(5)17-29-42-31(36(39)44-29)27-13-9-24(10-14-27)25-11-15-28(16-12-25)32-37(40)45-30(43-32)18-47(35-22(3)23(35)4)38(49)33(41-19-48)26-7-6-8-26/h9-16,19-23,26,33-35H,6-8,17-18H2,1-5H3,(H,41,48)(H,42,44)(H,43,45)/t20-,21?,22-,23?,33?,34?,35?/m1/s1. The van der Waals surface area contributed by atoms with E-state index in [4.69, 9.17) is 33.2 Å². The van der Waals surface area contributed by atoms with Crippen molar-refractivity contribution in [3.8, 4) is 33.6 Å². The van der Waals surface area contributed by atoms with Crippen molar-refractivity contribution in [2.24, 2.45) is 29.6 Å². The molecule has 49 heavy (non-hydrogen) atoms. The summed E-state index contributed by atoms with van der Waals surface area (Å²) in [6, 6.07) is 16.6. The molecule has 0 bridgehead atoms. The first-order chi connectivity index (χ1) is 23.5. The molecule has 2 heterocycles. The van der Waals surface area contributed by atoms with Crippen LogP contribution in [-0.4, -0.2) is 67.2 Å². The van der Waals surface area contributed by atoms with Crippen LogP contribution in [0.1, 0.15) is 58.6 Å². The lowest BCUT2D eigenvalue weighted by Gasteiger charge is -2.36. The van der Waals surface area contributed by atoms with Crippen molar-refractivity contribution in [2.75, 3.05) is 7.05 Å². The molecule has 4 aromatic rings. The molecular formula is C38H45Cl2N7O2. The third-order valence-corrected chi connectivity index (χ3v) is 12.2. The van der Waals surface area contributed by atoms with E-state index < -0.39 is 6.04 Å². The largest absolute Gasteiger partial charge is 0.347 e. The van der Waals surface area contributed by atoms with E-state index in [2.05, 4.69) is 91.3 Å². The molecule has 0 saturated heterocycles. The number of hydrogen-bond acceptors (Lipinski definition) is 5. The predicted molar refractivity (Wildman–Crippen MR) is 194 cm³/mol. The van der Waals surface area contributed by atoms with Crippen molar-refractivity contribution in [1.29, 1.82) is 0 Å². The first kappa shape index (κ1) is 33.8. The van der Waals surface area contributed by atoms with Crippen LogP contribution < -0.4 is 5.32 Å². The van der Waals surface area contributed by atoms with Crippen LogP contribution in [0.3, 0.4) is 0 Å². The lowest BCUT2D eigenvalue weighted by atomic mass is 9.79. The zero-order valence-electron chi connectivity index (χ0n) is 28.7. The number of imidazole rings is 2. The van der Waals surface area contributed by atoms with Crippen LogP contribution in [0.15, 0.2) is 48.5 Å². The number of halogens is 2. The molecule has 2 aromatic carbocycles. The number of benzene rings is 2. The summed E-state index contributed by atoms with van der Waals surface area (Å²) in [4.78, 5) is 45.6. The van der Waals surface area contributed by atoms with Gasteiger partial charge in [-0.05, 0) is 60.6 Å². The molecule has 3 aliphatic rings. The molecule has 11 heteroatoms. The molecule has 3 N–H and O–H groups in total. The van der Waals surface area contributed by atoms with Crippen molar-refractivity contribution >= 4 is 35.5 Å². The Labute approximate surface area is 298 Å². The van der Waals surface area contributed by atoms with Gasteiger partial charge in [-0.1, -0.05) is 106 Å². The highest BCUT2D eigenvalue weighted by Gasteiger charge is 2.51. The van der Waals surface area contributed by atoms with E-state index in [-0.39, 0.29) is 17.9 Å². The fourth-order valence-corrected chi connectivity index (χ4v) is 8.40. The number of carbonyl (C=O) groups excluding carboxylic acids is 2. The summed E-state index contributed by atoms with van der Waals surface area (Å²) < 4.78 is 0. The van der Waals surface area contributed by atoms with Gasteiger partial charge in [0.2, 0.25) is 12.3 Å². The normalized spacial score (nSPS) is 25.1. The number of nitrogens with one attached hydrogen (secondary N) is 3. The van der Waals surface area contributed by atoms with Crippen molar-refractivity contribution in [2.45, 2.75) is 78.2 Å². The lowest BCUT2D eigenvalue weighted by Crippen LogP contribution is -2.52. The first-order valence-corrected chi connectivity index (χ1v) is 18.2. The van der Waals surface area contributed by atoms with Gasteiger partial charge in [-0.3, -0.25) is 14.5 Å². The number of hydrogen-bond donors (Lipinski definition) is 3. The SMILES string of the molecule is CC1C(N(C)Cc2nc(-c3ccc(-c4ccc(-c5nc(CN(C(=O)C(NC=O)C6CCC6)C6C(C)[C@H]6C)[nH]c5Cl)cc4)cc3)c(Cl)[nH]2)[C@@H]1C. The van der Waals surface area contributed by atoms with Gasteiger partial charge in [0.25, 0.3) is 0 Å². The van der Waals surface area contributed by atoms with Gasteiger partial charge in [-0.2, -0.15) is 0 Å². The summed E-state index contributed by atoms with van der Waals surface area (Å²) in [7, 11) is 2.15. The molecule has 7 rings (SSSR count). The minimum absolute atomic E-state index is 0.0389. The van der Waals surface area contributed by atoms with Crippen molar-refractivity contribution in [3.63, 3.8) is 0 Å². The molecule has 0 radical (unpaired) electrons. The average molecular weight is 703 g/mol. The molecule has 3 fully saturated rings. The van der Waals surface area contributed by atoms with Crippen LogP contribution in [0.25, 0.3) is 33.6 Å². The minimum atomic E-state index is -0.501. The lowest BCUT2D eigenvalue weighted by molar-refractivity contribution is -0.139. The highest BCUT2D eigenvalue weighted by Crippen LogP contribution is 2.45. The Hall–Kier alpha value is -3.66. The van der Waals surface area contributed by atoms with Gasteiger partial charge in [0.1, 0.15) is 39.4 Å². The van der Waals surface area contributed by atoms with Gasteiger partial charge >= 0.3 is 0 Å². The van der Waals surface area contributed by atoms with E-state index in [1.54, 1.807) is 0 Å². The van der Waals surface area contributed by atoms with E-state index in [1.807, 2.05) is 17.0 Å². The van der Waals surface area contributed by atoms with Crippen LogP contribution in [0.5, 0.6) is 0 Å². The van der Waals surface area contributed by atoms with Gasteiger partial charge in [0.15, 0.2) is 0 Å². The highest BCUT2D eigenvalue weighted by atomic mass is 35.5. The molecule has 0 spiro atoms. The second kappa shape index (κ2) is 13.6. The number of aromatic nitrogens is 4. The van der Waals surface area contributed by atoms with Gasteiger partial charge in [0.05, 0.1) is 13.1 Å². The first-order valence-electron chi connectivity index (χ1n) is 17.5. The molecule has 0 aliphatic heterocycles. The Morgan fingerprint density at radius 1 is 0.796 bits per heavy atom. The zero-order valence-corrected chi connectivity index (χ0v) is 30.2. The highest BCUT2D eigenvalue weighted by molar-refractivity contribution is 6.32. The van der Waals surface area contributed by atoms with Crippen molar-refractivity contribution < 1.29 is 9.59 Å². The molecule has 5 unspecified atom stereocenters. The summed E-state index contributed by atoms with van der Waals surface area (Å²) in [5, 5.41) is 3.80. The van der Waals surface area contributed by atoms with Crippen LogP contribution in [0.2, 0.25) is 10.3 Å².